The standard InChI is InChI=1S/C34H38N6O3/c35-18-31(42)40-24-8-9-25(40)20-38(19-24)32-28-10-7-23(29-17-26(41)15-22-5-1-2-6-27(22)29)16-30(28)36-33(37-32)43-21-34-11-3-13-39(34)14-4-12-34/h1-2,5-7,10,15-17,24-25,41H,3-4,8-9,11-14,18-21,35H2/t24-,25+. The summed E-state index contributed by atoms with van der Waals surface area (Å²) >= 11 is 0. The highest BCUT2D eigenvalue weighted by Gasteiger charge is 2.45. The second-order valence-corrected chi connectivity index (χ2v) is 12.8. The third kappa shape index (κ3) is 4.48. The third-order valence-electron chi connectivity index (χ3n) is 10.3. The summed E-state index contributed by atoms with van der Waals surface area (Å²) in [6, 6.07) is 18.7. The summed E-state index contributed by atoms with van der Waals surface area (Å²) < 4.78 is 6.50. The van der Waals surface area contributed by atoms with Gasteiger partial charge in [0.25, 0.3) is 0 Å². The fraction of sp³-hybridized carbons (Fsp3) is 0.441. The summed E-state index contributed by atoms with van der Waals surface area (Å²) in [6.07, 6.45) is 6.69. The Kier molecular flexibility index (Phi) is 6.42. The van der Waals surface area contributed by atoms with Crippen LogP contribution >= 0.6 is 0 Å². The Morgan fingerprint density at radius 1 is 0.977 bits per heavy atom. The number of rotatable bonds is 6. The van der Waals surface area contributed by atoms with E-state index in [1.807, 2.05) is 29.2 Å². The van der Waals surface area contributed by atoms with Gasteiger partial charge in [-0.3, -0.25) is 9.69 Å². The average molecular weight is 579 g/mol. The number of piperazine rings is 1. The van der Waals surface area contributed by atoms with Crippen molar-refractivity contribution >= 4 is 33.4 Å². The highest BCUT2D eigenvalue weighted by molar-refractivity contribution is 6.01. The van der Waals surface area contributed by atoms with Gasteiger partial charge in [0.2, 0.25) is 5.91 Å². The molecule has 2 bridgehead atoms. The second kappa shape index (κ2) is 10.3. The zero-order valence-corrected chi connectivity index (χ0v) is 24.4. The lowest BCUT2D eigenvalue weighted by Gasteiger charge is -2.41. The van der Waals surface area contributed by atoms with Crippen LogP contribution in [0.25, 0.3) is 32.8 Å². The maximum atomic E-state index is 12.6. The van der Waals surface area contributed by atoms with Crippen LogP contribution in [0.3, 0.4) is 0 Å². The molecule has 4 saturated heterocycles. The number of phenols is 1. The molecule has 0 saturated carbocycles. The fourth-order valence-electron chi connectivity index (χ4n) is 8.35. The fourth-order valence-corrected chi connectivity index (χ4v) is 8.35. The number of benzene rings is 3. The van der Waals surface area contributed by atoms with E-state index >= 15 is 0 Å². The van der Waals surface area contributed by atoms with Crippen molar-refractivity contribution in [2.45, 2.75) is 56.1 Å². The summed E-state index contributed by atoms with van der Waals surface area (Å²) in [5.74, 6) is 1.12. The molecule has 4 fully saturated rings. The molecule has 8 rings (SSSR count). The lowest BCUT2D eigenvalue weighted by molar-refractivity contribution is -0.133. The van der Waals surface area contributed by atoms with Crippen LogP contribution in [-0.2, 0) is 4.79 Å². The summed E-state index contributed by atoms with van der Waals surface area (Å²) in [5.41, 5.74) is 8.60. The van der Waals surface area contributed by atoms with Gasteiger partial charge in [0.1, 0.15) is 18.2 Å². The number of carbonyl (C=O) groups is 1. The topological polar surface area (TPSA) is 108 Å². The minimum absolute atomic E-state index is 0.0311. The van der Waals surface area contributed by atoms with Crippen molar-refractivity contribution in [3.05, 3.63) is 54.6 Å². The van der Waals surface area contributed by atoms with Crippen molar-refractivity contribution in [3.63, 3.8) is 0 Å². The predicted molar refractivity (Wildman–Crippen MR) is 167 cm³/mol. The van der Waals surface area contributed by atoms with Crippen molar-refractivity contribution in [3.8, 4) is 22.9 Å². The van der Waals surface area contributed by atoms with E-state index in [-0.39, 0.29) is 35.8 Å². The number of fused-ring (bicyclic) bond motifs is 5. The van der Waals surface area contributed by atoms with E-state index in [1.165, 1.54) is 12.8 Å². The summed E-state index contributed by atoms with van der Waals surface area (Å²) in [7, 11) is 0. The number of nitrogens with two attached hydrogens (primary N) is 1. The molecular weight excluding hydrogens is 540 g/mol. The van der Waals surface area contributed by atoms with Crippen LogP contribution in [-0.4, -0.2) is 87.7 Å². The van der Waals surface area contributed by atoms with Gasteiger partial charge in [-0.15, -0.1) is 0 Å². The highest BCUT2D eigenvalue weighted by atomic mass is 16.5. The lowest BCUT2D eigenvalue weighted by atomic mass is 9.95. The van der Waals surface area contributed by atoms with E-state index < -0.39 is 0 Å². The molecule has 3 aromatic carbocycles. The molecule has 1 amide bonds. The highest BCUT2D eigenvalue weighted by Crippen LogP contribution is 2.41. The van der Waals surface area contributed by atoms with Gasteiger partial charge in [0.05, 0.1) is 17.6 Å². The monoisotopic (exact) mass is 578 g/mol. The summed E-state index contributed by atoms with van der Waals surface area (Å²) in [6.45, 7) is 4.35. The van der Waals surface area contributed by atoms with Crippen molar-refractivity contribution in [1.82, 2.24) is 19.8 Å². The molecule has 43 heavy (non-hydrogen) atoms. The van der Waals surface area contributed by atoms with Gasteiger partial charge in [0, 0.05) is 30.6 Å². The second-order valence-electron chi connectivity index (χ2n) is 12.8. The van der Waals surface area contributed by atoms with E-state index in [4.69, 9.17) is 20.4 Å². The minimum Gasteiger partial charge on any atom is -0.508 e. The average Bonchev–Trinajstić information content (AvgIpc) is 3.69. The molecule has 4 aliphatic heterocycles. The third-order valence-corrected chi connectivity index (χ3v) is 10.3. The number of aromatic hydroxyl groups is 1. The van der Waals surface area contributed by atoms with Crippen LogP contribution in [0.4, 0.5) is 5.82 Å². The molecule has 0 aliphatic carbocycles. The number of hydrogen-bond donors (Lipinski definition) is 2. The SMILES string of the molecule is NCC(=O)N1[C@@H]2CC[C@H]1CN(c1nc(OCC34CCCN3CCC4)nc3cc(-c4cc(O)cc5ccccc45)ccc13)C2. The van der Waals surface area contributed by atoms with Crippen molar-refractivity contribution < 1.29 is 14.6 Å². The van der Waals surface area contributed by atoms with Crippen molar-refractivity contribution in [1.29, 1.82) is 0 Å². The maximum absolute atomic E-state index is 12.6. The van der Waals surface area contributed by atoms with E-state index in [9.17, 15) is 9.90 Å². The summed E-state index contributed by atoms with van der Waals surface area (Å²) in [5, 5.41) is 13.6. The molecule has 4 aliphatic rings. The summed E-state index contributed by atoms with van der Waals surface area (Å²) in [4.78, 5) is 29.6. The zero-order chi connectivity index (χ0) is 29.1. The molecule has 9 nitrogen and oxygen atoms in total. The number of hydrogen-bond acceptors (Lipinski definition) is 8. The number of amides is 1. The number of carbonyl (C=O) groups excluding carboxylic acids is 1. The normalized spacial score (nSPS) is 22.9. The van der Waals surface area contributed by atoms with Gasteiger partial charge >= 0.3 is 6.01 Å². The molecule has 1 aromatic heterocycles. The van der Waals surface area contributed by atoms with Crippen LogP contribution in [0.5, 0.6) is 11.8 Å². The van der Waals surface area contributed by atoms with Crippen molar-refractivity contribution in [2.75, 3.05) is 44.2 Å². The molecule has 5 heterocycles. The molecule has 2 atom stereocenters. The Morgan fingerprint density at radius 2 is 1.74 bits per heavy atom. The Morgan fingerprint density at radius 3 is 2.51 bits per heavy atom. The minimum atomic E-state index is 0.0311. The first-order chi connectivity index (χ1) is 21.0. The molecular formula is C34H38N6O3. The Labute approximate surface area is 251 Å². The first-order valence-electron chi connectivity index (χ1n) is 15.7. The van der Waals surface area contributed by atoms with Gasteiger partial charge < -0.3 is 25.4 Å². The van der Waals surface area contributed by atoms with Crippen LogP contribution in [0.15, 0.2) is 54.6 Å². The van der Waals surface area contributed by atoms with E-state index in [1.54, 1.807) is 6.07 Å². The lowest BCUT2D eigenvalue weighted by Crippen LogP contribution is -2.57. The van der Waals surface area contributed by atoms with E-state index in [2.05, 4.69) is 34.1 Å². The Hall–Kier alpha value is -3.95. The quantitative estimate of drug-likeness (QED) is 0.349. The zero-order valence-electron chi connectivity index (χ0n) is 24.4. The Balaban J connectivity index is 1.20. The van der Waals surface area contributed by atoms with Gasteiger partial charge in [-0.1, -0.05) is 30.3 Å². The van der Waals surface area contributed by atoms with Crippen LogP contribution in [0.2, 0.25) is 0 Å². The van der Waals surface area contributed by atoms with Crippen molar-refractivity contribution in [2.24, 2.45) is 5.73 Å². The van der Waals surface area contributed by atoms with Gasteiger partial charge in [-0.05, 0) is 97.8 Å². The molecule has 0 unspecified atom stereocenters. The maximum Gasteiger partial charge on any atom is 0.319 e. The van der Waals surface area contributed by atoms with Crippen LogP contribution in [0, 0.1) is 0 Å². The number of phenolic OH excluding ortho intramolecular Hbond substituents is 1. The molecule has 222 valence electrons. The molecule has 0 radical (unpaired) electrons. The van der Waals surface area contributed by atoms with Gasteiger partial charge in [-0.2, -0.15) is 9.97 Å². The van der Waals surface area contributed by atoms with Gasteiger partial charge in [-0.25, -0.2) is 0 Å². The largest absolute Gasteiger partial charge is 0.508 e. The number of nitrogens with zero attached hydrogens (tertiary/aromatic N) is 5. The molecule has 9 heteroatoms. The van der Waals surface area contributed by atoms with E-state index in [0.29, 0.717) is 25.7 Å². The predicted octanol–water partition coefficient (Wildman–Crippen LogP) is 4.30. The number of anilines is 1. The molecule has 0 spiro atoms. The smallest absolute Gasteiger partial charge is 0.319 e. The first-order valence-corrected chi connectivity index (χ1v) is 15.7. The number of aromatic nitrogens is 2. The first kappa shape index (κ1) is 26.7. The van der Waals surface area contributed by atoms with Gasteiger partial charge in [0.15, 0.2) is 0 Å². The van der Waals surface area contributed by atoms with Crippen LogP contribution in [0.1, 0.15) is 38.5 Å². The number of ether oxygens (including phenoxy) is 1. The molecule has 4 aromatic rings. The Bertz CT molecular complexity index is 1700. The van der Waals surface area contributed by atoms with E-state index in [0.717, 1.165) is 77.4 Å². The van der Waals surface area contributed by atoms with Crippen LogP contribution < -0.4 is 15.4 Å². The molecule has 3 N–H and O–H groups in total.